The summed E-state index contributed by atoms with van der Waals surface area (Å²) in [6.07, 6.45) is 11.2. The third-order valence-electron chi connectivity index (χ3n) is 4.38. The average molecular weight is 269 g/mol. The smallest absolute Gasteiger partial charge is 0.0346 e. The van der Waals surface area contributed by atoms with E-state index in [0.717, 1.165) is 13.1 Å². The van der Waals surface area contributed by atoms with Crippen LogP contribution in [0.25, 0.3) is 0 Å². The van der Waals surface area contributed by atoms with Gasteiger partial charge in [0.1, 0.15) is 0 Å². The molecule has 1 fully saturated rings. The van der Waals surface area contributed by atoms with E-state index in [1.807, 2.05) is 0 Å². The van der Waals surface area contributed by atoms with Crippen molar-refractivity contribution in [3.63, 3.8) is 0 Å². The number of nitrogens with zero attached hydrogens (tertiary/aromatic N) is 2. The summed E-state index contributed by atoms with van der Waals surface area (Å²) in [5.41, 5.74) is 5.89. The van der Waals surface area contributed by atoms with Crippen LogP contribution in [0.15, 0.2) is 0 Å². The van der Waals surface area contributed by atoms with Crippen LogP contribution in [0.5, 0.6) is 0 Å². The molecule has 0 bridgehead atoms. The van der Waals surface area contributed by atoms with Gasteiger partial charge in [-0.15, -0.1) is 0 Å². The van der Waals surface area contributed by atoms with Gasteiger partial charge in [-0.2, -0.15) is 0 Å². The Kier molecular flexibility index (Phi) is 9.48. The van der Waals surface area contributed by atoms with Gasteiger partial charge in [-0.05, 0) is 20.0 Å². The van der Waals surface area contributed by atoms with Crippen LogP contribution < -0.4 is 5.73 Å². The standard InChI is InChI=1S/C16H35N3/c1-3-4-5-6-7-8-9-10-11-19-13-12-18(2)15-16(19)14-17/h16H,3-15,17H2,1-2H3. The van der Waals surface area contributed by atoms with Gasteiger partial charge >= 0.3 is 0 Å². The van der Waals surface area contributed by atoms with Gasteiger partial charge in [-0.1, -0.05) is 51.9 Å². The summed E-state index contributed by atoms with van der Waals surface area (Å²) < 4.78 is 0. The minimum absolute atomic E-state index is 0.586. The number of hydrogen-bond donors (Lipinski definition) is 1. The first-order valence-corrected chi connectivity index (χ1v) is 8.40. The van der Waals surface area contributed by atoms with E-state index in [1.165, 1.54) is 71.0 Å². The first-order valence-electron chi connectivity index (χ1n) is 8.40. The Morgan fingerprint density at radius 1 is 0.947 bits per heavy atom. The van der Waals surface area contributed by atoms with Crippen LogP contribution in [0, 0.1) is 0 Å². The van der Waals surface area contributed by atoms with Crippen molar-refractivity contribution in [3.8, 4) is 0 Å². The van der Waals surface area contributed by atoms with Crippen LogP contribution in [-0.4, -0.2) is 55.6 Å². The maximum Gasteiger partial charge on any atom is 0.0346 e. The summed E-state index contributed by atoms with van der Waals surface area (Å²) in [5, 5.41) is 0. The van der Waals surface area contributed by atoms with Crippen molar-refractivity contribution in [2.24, 2.45) is 5.73 Å². The fraction of sp³-hybridized carbons (Fsp3) is 1.00. The lowest BCUT2D eigenvalue weighted by Crippen LogP contribution is -2.54. The highest BCUT2D eigenvalue weighted by Gasteiger charge is 2.22. The van der Waals surface area contributed by atoms with E-state index in [2.05, 4.69) is 23.8 Å². The predicted molar refractivity (Wildman–Crippen MR) is 84.5 cm³/mol. The number of nitrogens with two attached hydrogens (primary N) is 1. The number of hydrogen-bond acceptors (Lipinski definition) is 3. The molecule has 2 N–H and O–H groups in total. The summed E-state index contributed by atoms with van der Waals surface area (Å²) in [5.74, 6) is 0. The fourth-order valence-electron chi connectivity index (χ4n) is 3.02. The normalized spacial score (nSPS) is 21.9. The summed E-state index contributed by atoms with van der Waals surface area (Å²) in [4.78, 5) is 5.01. The topological polar surface area (TPSA) is 32.5 Å². The second kappa shape index (κ2) is 10.6. The van der Waals surface area contributed by atoms with Gasteiger partial charge in [0.05, 0.1) is 0 Å². The zero-order chi connectivity index (χ0) is 13.9. The molecule has 1 aliphatic rings. The quantitative estimate of drug-likeness (QED) is 0.619. The van der Waals surface area contributed by atoms with Crippen LogP contribution in [0.2, 0.25) is 0 Å². The number of likely N-dealkylation sites (N-methyl/N-ethyl adjacent to an activating group) is 1. The molecule has 0 amide bonds. The van der Waals surface area contributed by atoms with E-state index in [4.69, 9.17) is 5.73 Å². The molecule has 0 aromatic heterocycles. The SMILES string of the molecule is CCCCCCCCCCN1CCN(C)CC1CN. The van der Waals surface area contributed by atoms with E-state index >= 15 is 0 Å². The highest BCUT2D eigenvalue weighted by atomic mass is 15.3. The summed E-state index contributed by atoms with van der Waals surface area (Å²) in [6.45, 7) is 7.89. The van der Waals surface area contributed by atoms with E-state index in [1.54, 1.807) is 0 Å². The van der Waals surface area contributed by atoms with Crippen LogP contribution in [0.3, 0.4) is 0 Å². The predicted octanol–water partition coefficient (Wildman–Crippen LogP) is 2.70. The fourth-order valence-corrected chi connectivity index (χ4v) is 3.02. The lowest BCUT2D eigenvalue weighted by molar-refractivity contribution is 0.0927. The highest BCUT2D eigenvalue weighted by molar-refractivity contribution is 4.81. The van der Waals surface area contributed by atoms with Gasteiger partial charge in [0.15, 0.2) is 0 Å². The molecule has 0 aliphatic carbocycles. The molecule has 0 aromatic carbocycles. The molecule has 0 saturated carbocycles. The Morgan fingerprint density at radius 3 is 2.21 bits per heavy atom. The maximum atomic E-state index is 5.89. The van der Waals surface area contributed by atoms with Crippen LogP contribution in [-0.2, 0) is 0 Å². The molecule has 1 saturated heterocycles. The molecule has 1 heterocycles. The molecule has 1 aliphatic heterocycles. The van der Waals surface area contributed by atoms with Crippen molar-refractivity contribution in [1.29, 1.82) is 0 Å². The molecule has 1 unspecified atom stereocenters. The summed E-state index contributed by atoms with van der Waals surface area (Å²) in [7, 11) is 2.20. The molecule has 0 aromatic rings. The molecule has 3 nitrogen and oxygen atoms in total. The van der Waals surface area contributed by atoms with Crippen molar-refractivity contribution < 1.29 is 0 Å². The lowest BCUT2D eigenvalue weighted by atomic mass is 10.1. The van der Waals surface area contributed by atoms with E-state index < -0.39 is 0 Å². The number of unbranched alkanes of at least 4 members (excludes halogenated alkanes) is 7. The molecular weight excluding hydrogens is 234 g/mol. The Bertz CT molecular complexity index is 208. The van der Waals surface area contributed by atoms with Crippen LogP contribution in [0.1, 0.15) is 58.3 Å². The Morgan fingerprint density at radius 2 is 1.58 bits per heavy atom. The lowest BCUT2D eigenvalue weighted by Gasteiger charge is -2.39. The summed E-state index contributed by atoms with van der Waals surface area (Å²) >= 11 is 0. The second-order valence-electron chi connectivity index (χ2n) is 6.16. The number of piperazine rings is 1. The largest absolute Gasteiger partial charge is 0.329 e. The maximum absolute atomic E-state index is 5.89. The zero-order valence-electron chi connectivity index (χ0n) is 13.2. The highest BCUT2D eigenvalue weighted by Crippen LogP contribution is 2.12. The monoisotopic (exact) mass is 269 g/mol. The third kappa shape index (κ3) is 7.28. The second-order valence-corrected chi connectivity index (χ2v) is 6.16. The Hall–Kier alpha value is -0.120. The van der Waals surface area contributed by atoms with Crippen LogP contribution in [0.4, 0.5) is 0 Å². The van der Waals surface area contributed by atoms with Gasteiger partial charge in [-0.3, -0.25) is 4.90 Å². The molecule has 0 spiro atoms. The van der Waals surface area contributed by atoms with E-state index in [9.17, 15) is 0 Å². The van der Waals surface area contributed by atoms with Gasteiger partial charge in [-0.25, -0.2) is 0 Å². The molecule has 19 heavy (non-hydrogen) atoms. The van der Waals surface area contributed by atoms with E-state index in [-0.39, 0.29) is 0 Å². The van der Waals surface area contributed by atoms with Gasteiger partial charge in [0.25, 0.3) is 0 Å². The van der Waals surface area contributed by atoms with Crippen molar-refractivity contribution >= 4 is 0 Å². The molecule has 1 rings (SSSR count). The molecule has 3 heteroatoms. The van der Waals surface area contributed by atoms with Crippen molar-refractivity contribution in [2.45, 2.75) is 64.3 Å². The number of rotatable bonds is 10. The molecule has 1 atom stereocenters. The van der Waals surface area contributed by atoms with Crippen molar-refractivity contribution in [3.05, 3.63) is 0 Å². The van der Waals surface area contributed by atoms with Gasteiger partial charge < -0.3 is 10.6 Å². The zero-order valence-corrected chi connectivity index (χ0v) is 13.2. The van der Waals surface area contributed by atoms with Gasteiger partial charge in [0.2, 0.25) is 0 Å². The van der Waals surface area contributed by atoms with Crippen molar-refractivity contribution in [2.75, 3.05) is 39.8 Å². The Balaban J connectivity index is 1.99. The van der Waals surface area contributed by atoms with E-state index in [0.29, 0.717) is 6.04 Å². The molecular formula is C16H35N3. The minimum Gasteiger partial charge on any atom is -0.329 e. The van der Waals surface area contributed by atoms with Gasteiger partial charge in [0, 0.05) is 32.2 Å². The van der Waals surface area contributed by atoms with Crippen molar-refractivity contribution in [1.82, 2.24) is 9.80 Å². The van der Waals surface area contributed by atoms with Crippen LogP contribution >= 0.6 is 0 Å². The Labute approximate surface area is 120 Å². The summed E-state index contributed by atoms with van der Waals surface area (Å²) in [6, 6.07) is 0.586. The minimum atomic E-state index is 0.586. The molecule has 0 radical (unpaired) electrons. The molecule has 114 valence electrons. The average Bonchev–Trinajstić information content (AvgIpc) is 2.43. The third-order valence-corrected chi connectivity index (χ3v) is 4.38. The first-order chi connectivity index (χ1) is 9.27. The first kappa shape index (κ1) is 16.9.